The van der Waals surface area contributed by atoms with E-state index in [0.717, 1.165) is 42.3 Å². The molecule has 1 unspecified atom stereocenters. The zero-order valence-corrected chi connectivity index (χ0v) is 12.7. The maximum Gasteiger partial charge on any atom is 0.0762 e. The molecule has 0 amide bonds. The normalized spacial score (nSPS) is 23.2. The number of anilines is 1. The summed E-state index contributed by atoms with van der Waals surface area (Å²) in [6.07, 6.45) is 0.675. The molecule has 0 aromatic heterocycles. The molecule has 1 fully saturated rings. The summed E-state index contributed by atoms with van der Waals surface area (Å²) in [5.41, 5.74) is 1.95. The summed E-state index contributed by atoms with van der Waals surface area (Å²) in [5.74, 6) is 0. The maximum atomic E-state index is 9.60. The maximum absolute atomic E-state index is 9.60. The topological polar surface area (TPSA) is 26.7 Å². The first-order valence-electron chi connectivity index (χ1n) is 6.91. The van der Waals surface area contributed by atoms with E-state index in [-0.39, 0.29) is 0 Å². The second-order valence-electron chi connectivity index (χ2n) is 5.55. The van der Waals surface area contributed by atoms with Crippen LogP contribution >= 0.6 is 11.6 Å². The Kier molecular flexibility index (Phi) is 4.71. The van der Waals surface area contributed by atoms with Gasteiger partial charge in [0, 0.05) is 19.1 Å². The van der Waals surface area contributed by atoms with Crippen molar-refractivity contribution in [2.24, 2.45) is 0 Å². The minimum atomic E-state index is -0.473. The molecule has 0 radical (unpaired) electrons. The number of likely N-dealkylation sites (N-methyl/N-ethyl adjacent to an activating group) is 1. The van der Waals surface area contributed by atoms with Crippen LogP contribution in [0.15, 0.2) is 18.2 Å². The summed E-state index contributed by atoms with van der Waals surface area (Å²) in [5, 5.41) is 10.3. The van der Waals surface area contributed by atoms with Gasteiger partial charge in [0.1, 0.15) is 0 Å². The van der Waals surface area contributed by atoms with E-state index in [1.54, 1.807) is 6.92 Å². The molecule has 4 heteroatoms. The SMILES string of the molecule is CC1CN(C)CCCN1c1ccc([C@H](C)O)cc1Cl. The first-order valence-corrected chi connectivity index (χ1v) is 7.29. The summed E-state index contributed by atoms with van der Waals surface area (Å²) in [6, 6.07) is 6.32. The number of halogens is 1. The molecule has 1 saturated heterocycles. The highest BCUT2D eigenvalue weighted by Crippen LogP contribution is 2.31. The van der Waals surface area contributed by atoms with E-state index in [1.165, 1.54) is 0 Å². The van der Waals surface area contributed by atoms with Gasteiger partial charge in [-0.15, -0.1) is 0 Å². The monoisotopic (exact) mass is 282 g/mol. The Labute approximate surface area is 120 Å². The van der Waals surface area contributed by atoms with Gasteiger partial charge in [0.15, 0.2) is 0 Å². The predicted octanol–water partition coefficient (Wildman–Crippen LogP) is 2.92. The van der Waals surface area contributed by atoms with Crippen LogP contribution in [0, 0.1) is 0 Å². The smallest absolute Gasteiger partial charge is 0.0762 e. The van der Waals surface area contributed by atoms with Crippen LogP contribution in [0.4, 0.5) is 5.69 Å². The van der Waals surface area contributed by atoms with Crippen molar-refractivity contribution in [3.05, 3.63) is 28.8 Å². The fraction of sp³-hybridized carbons (Fsp3) is 0.600. The van der Waals surface area contributed by atoms with Crippen LogP contribution in [0.3, 0.4) is 0 Å². The van der Waals surface area contributed by atoms with Gasteiger partial charge in [0.25, 0.3) is 0 Å². The molecule has 1 heterocycles. The molecule has 2 atom stereocenters. The highest BCUT2D eigenvalue weighted by molar-refractivity contribution is 6.33. The number of aliphatic hydroxyl groups is 1. The van der Waals surface area contributed by atoms with Crippen LogP contribution in [-0.4, -0.2) is 42.7 Å². The van der Waals surface area contributed by atoms with Crippen molar-refractivity contribution >= 4 is 17.3 Å². The van der Waals surface area contributed by atoms with Crippen molar-refractivity contribution in [3.8, 4) is 0 Å². The zero-order valence-electron chi connectivity index (χ0n) is 11.9. The third-order valence-corrected chi connectivity index (χ3v) is 4.11. The molecule has 0 spiro atoms. The number of rotatable bonds is 2. The minimum Gasteiger partial charge on any atom is -0.389 e. The molecule has 0 bridgehead atoms. The number of nitrogens with zero attached hydrogens (tertiary/aromatic N) is 2. The molecular formula is C15H23ClN2O. The first kappa shape index (κ1) is 14.6. The van der Waals surface area contributed by atoms with Crippen molar-refractivity contribution in [1.82, 2.24) is 4.90 Å². The highest BCUT2D eigenvalue weighted by atomic mass is 35.5. The second kappa shape index (κ2) is 6.12. The number of aliphatic hydroxyl groups excluding tert-OH is 1. The van der Waals surface area contributed by atoms with Gasteiger partial charge >= 0.3 is 0 Å². The fourth-order valence-corrected chi connectivity index (χ4v) is 3.04. The van der Waals surface area contributed by atoms with Gasteiger partial charge < -0.3 is 14.9 Å². The zero-order chi connectivity index (χ0) is 14.0. The Morgan fingerprint density at radius 3 is 2.74 bits per heavy atom. The van der Waals surface area contributed by atoms with E-state index >= 15 is 0 Å². The molecule has 0 saturated carbocycles. The molecule has 1 N–H and O–H groups in total. The molecule has 1 aromatic rings. The molecule has 2 rings (SSSR count). The Balaban J connectivity index is 2.25. The lowest BCUT2D eigenvalue weighted by Gasteiger charge is -2.31. The van der Waals surface area contributed by atoms with E-state index in [4.69, 9.17) is 11.6 Å². The van der Waals surface area contributed by atoms with Gasteiger partial charge in [-0.1, -0.05) is 17.7 Å². The molecule has 3 nitrogen and oxygen atoms in total. The van der Waals surface area contributed by atoms with Gasteiger partial charge in [-0.2, -0.15) is 0 Å². The van der Waals surface area contributed by atoms with E-state index in [2.05, 4.69) is 23.8 Å². The standard InChI is InChI=1S/C15H23ClN2O/c1-11-10-17(3)7-4-8-18(11)15-6-5-13(12(2)19)9-14(15)16/h5-6,9,11-12,19H,4,7-8,10H2,1-3H3/t11?,12-/m0/s1. The lowest BCUT2D eigenvalue weighted by atomic mass is 10.1. The first-order chi connectivity index (χ1) is 8.99. The van der Waals surface area contributed by atoms with E-state index in [9.17, 15) is 5.11 Å². The number of hydrogen-bond acceptors (Lipinski definition) is 3. The van der Waals surface area contributed by atoms with Gasteiger partial charge in [0.05, 0.1) is 16.8 Å². The molecule has 106 valence electrons. The third-order valence-electron chi connectivity index (χ3n) is 3.81. The van der Waals surface area contributed by atoms with Crippen LogP contribution in [0.5, 0.6) is 0 Å². The van der Waals surface area contributed by atoms with Crippen molar-refractivity contribution in [2.75, 3.05) is 31.6 Å². The van der Waals surface area contributed by atoms with E-state index in [1.807, 2.05) is 18.2 Å². The summed E-state index contributed by atoms with van der Waals surface area (Å²) in [7, 11) is 2.16. The van der Waals surface area contributed by atoms with Gasteiger partial charge in [-0.3, -0.25) is 0 Å². The van der Waals surface area contributed by atoms with Crippen LogP contribution in [-0.2, 0) is 0 Å². The van der Waals surface area contributed by atoms with Gasteiger partial charge in [0.2, 0.25) is 0 Å². The summed E-state index contributed by atoms with van der Waals surface area (Å²) in [6.45, 7) is 7.20. The van der Waals surface area contributed by atoms with Crippen LogP contribution in [0.1, 0.15) is 31.9 Å². The summed E-state index contributed by atoms with van der Waals surface area (Å²) in [4.78, 5) is 4.74. The van der Waals surface area contributed by atoms with E-state index in [0.29, 0.717) is 6.04 Å². The van der Waals surface area contributed by atoms with Crippen LogP contribution < -0.4 is 4.90 Å². The number of benzene rings is 1. The quantitative estimate of drug-likeness (QED) is 0.903. The Morgan fingerprint density at radius 2 is 2.11 bits per heavy atom. The third kappa shape index (κ3) is 3.41. The molecule has 0 aliphatic carbocycles. The van der Waals surface area contributed by atoms with E-state index < -0.39 is 6.10 Å². The van der Waals surface area contributed by atoms with Gasteiger partial charge in [-0.25, -0.2) is 0 Å². The van der Waals surface area contributed by atoms with Crippen molar-refractivity contribution < 1.29 is 5.11 Å². The Morgan fingerprint density at radius 1 is 1.37 bits per heavy atom. The van der Waals surface area contributed by atoms with Crippen molar-refractivity contribution in [3.63, 3.8) is 0 Å². The second-order valence-corrected chi connectivity index (χ2v) is 5.95. The summed E-state index contributed by atoms with van der Waals surface area (Å²) >= 11 is 6.40. The Hall–Kier alpha value is -0.770. The van der Waals surface area contributed by atoms with Gasteiger partial charge in [-0.05, 0) is 51.6 Å². The lowest BCUT2D eigenvalue weighted by molar-refractivity contribution is 0.199. The Bertz CT molecular complexity index is 436. The predicted molar refractivity (Wildman–Crippen MR) is 81.0 cm³/mol. The molecular weight excluding hydrogens is 260 g/mol. The molecule has 1 aliphatic rings. The molecule has 1 aliphatic heterocycles. The fourth-order valence-electron chi connectivity index (χ4n) is 2.75. The molecule has 1 aromatic carbocycles. The largest absolute Gasteiger partial charge is 0.389 e. The molecule has 19 heavy (non-hydrogen) atoms. The van der Waals surface area contributed by atoms with Crippen molar-refractivity contribution in [2.45, 2.75) is 32.4 Å². The highest BCUT2D eigenvalue weighted by Gasteiger charge is 2.21. The van der Waals surface area contributed by atoms with Crippen LogP contribution in [0.2, 0.25) is 5.02 Å². The van der Waals surface area contributed by atoms with Crippen LogP contribution in [0.25, 0.3) is 0 Å². The minimum absolute atomic E-state index is 0.447. The average molecular weight is 283 g/mol. The van der Waals surface area contributed by atoms with Crippen molar-refractivity contribution in [1.29, 1.82) is 0 Å². The summed E-state index contributed by atoms with van der Waals surface area (Å²) < 4.78 is 0. The lowest BCUT2D eigenvalue weighted by Crippen LogP contribution is -2.38. The number of hydrogen-bond donors (Lipinski definition) is 1. The average Bonchev–Trinajstić information content (AvgIpc) is 2.50.